The van der Waals surface area contributed by atoms with Crippen molar-refractivity contribution < 1.29 is 4.74 Å². The van der Waals surface area contributed by atoms with Crippen molar-refractivity contribution in [3.05, 3.63) is 41.7 Å². The standard InChI is InChI=1S/C14H19N3O/c1-4-17-10-12(11(2)16-17)9-15-13-7-5-6-8-14(13)18-3/h5-8,10,15H,4,9H2,1-3H3. The van der Waals surface area contributed by atoms with E-state index in [9.17, 15) is 0 Å². The van der Waals surface area contributed by atoms with Gasteiger partial charge in [-0.05, 0) is 26.0 Å². The van der Waals surface area contributed by atoms with E-state index in [1.165, 1.54) is 5.56 Å². The van der Waals surface area contributed by atoms with E-state index >= 15 is 0 Å². The largest absolute Gasteiger partial charge is 0.495 e. The van der Waals surface area contributed by atoms with Gasteiger partial charge in [0.25, 0.3) is 0 Å². The summed E-state index contributed by atoms with van der Waals surface area (Å²) in [5.74, 6) is 0.859. The molecule has 0 amide bonds. The normalized spacial score (nSPS) is 10.4. The molecular formula is C14H19N3O. The van der Waals surface area contributed by atoms with E-state index in [0.717, 1.165) is 30.2 Å². The third-order valence-corrected chi connectivity index (χ3v) is 2.95. The molecule has 0 atom stereocenters. The van der Waals surface area contributed by atoms with Gasteiger partial charge in [0.2, 0.25) is 0 Å². The van der Waals surface area contributed by atoms with E-state index in [0.29, 0.717) is 0 Å². The summed E-state index contributed by atoms with van der Waals surface area (Å²) in [6, 6.07) is 7.92. The van der Waals surface area contributed by atoms with Gasteiger partial charge in [0.05, 0.1) is 18.5 Å². The summed E-state index contributed by atoms with van der Waals surface area (Å²) in [5.41, 5.74) is 3.28. The highest BCUT2D eigenvalue weighted by Crippen LogP contribution is 2.23. The van der Waals surface area contributed by atoms with Crippen LogP contribution in [-0.4, -0.2) is 16.9 Å². The van der Waals surface area contributed by atoms with Crippen LogP contribution in [0.3, 0.4) is 0 Å². The molecule has 0 aliphatic heterocycles. The zero-order chi connectivity index (χ0) is 13.0. The van der Waals surface area contributed by atoms with E-state index in [-0.39, 0.29) is 0 Å². The van der Waals surface area contributed by atoms with Crippen molar-refractivity contribution >= 4 is 5.69 Å². The second-order valence-electron chi connectivity index (χ2n) is 4.15. The Hall–Kier alpha value is -1.97. The highest BCUT2D eigenvalue weighted by Gasteiger charge is 2.05. The van der Waals surface area contributed by atoms with Crippen LogP contribution in [0.15, 0.2) is 30.5 Å². The van der Waals surface area contributed by atoms with Gasteiger partial charge in [-0.15, -0.1) is 0 Å². The molecule has 1 aromatic carbocycles. The van der Waals surface area contributed by atoms with Gasteiger partial charge in [0.15, 0.2) is 0 Å². The van der Waals surface area contributed by atoms with E-state index < -0.39 is 0 Å². The number of nitrogens with zero attached hydrogens (tertiary/aromatic N) is 2. The molecule has 2 rings (SSSR count). The van der Waals surface area contributed by atoms with Gasteiger partial charge in [0, 0.05) is 24.8 Å². The third-order valence-electron chi connectivity index (χ3n) is 2.95. The Kier molecular flexibility index (Phi) is 3.87. The van der Waals surface area contributed by atoms with Gasteiger partial charge in [-0.3, -0.25) is 4.68 Å². The average Bonchev–Trinajstić information content (AvgIpc) is 2.77. The molecule has 0 saturated carbocycles. The molecule has 1 heterocycles. The summed E-state index contributed by atoms with van der Waals surface area (Å²) >= 11 is 0. The van der Waals surface area contributed by atoms with Crippen LogP contribution in [-0.2, 0) is 13.1 Å². The zero-order valence-electron chi connectivity index (χ0n) is 11.1. The van der Waals surface area contributed by atoms with Crippen LogP contribution < -0.4 is 10.1 Å². The number of aromatic nitrogens is 2. The van der Waals surface area contributed by atoms with Crippen molar-refractivity contribution in [1.29, 1.82) is 0 Å². The number of methoxy groups -OCH3 is 1. The number of para-hydroxylation sites is 2. The van der Waals surface area contributed by atoms with Gasteiger partial charge in [-0.25, -0.2) is 0 Å². The van der Waals surface area contributed by atoms with Crippen LogP contribution in [0.2, 0.25) is 0 Å². The van der Waals surface area contributed by atoms with Crippen molar-refractivity contribution in [2.75, 3.05) is 12.4 Å². The lowest BCUT2D eigenvalue weighted by Gasteiger charge is -2.10. The SMILES string of the molecule is CCn1cc(CNc2ccccc2OC)c(C)n1. The lowest BCUT2D eigenvalue weighted by Crippen LogP contribution is -2.01. The maximum absolute atomic E-state index is 5.31. The fraction of sp³-hybridized carbons (Fsp3) is 0.357. The van der Waals surface area contributed by atoms with Gasteiger partial charge >= 0.3 is 0 Å². The molecule has 0 radical (unpaired) electrons. The molecule has 4 heteroatoms. The fourth-order valence-electron chi connectivity index (χ4n) is 1.88. The number of ether oxygens (including phenoxy) is 1. The molecule has 0 fully saturated rings. The second kappa shape index (κ2) is 5.58. The molecule has 2 aromatic rings. The van der Waals surface area contributed by atoms with Crippen LogP contribution >= 0.6 is 0 Å². The van der Waals surface area contributed by atoms with Gasteiger partial charge in [-0.1, -0.05) is 12.1 Å². The van der Waals surface area contributed by atoms with Crippen molar-refractivity contribution in [2.24, 2.45) is 0 Å². The lowest BCUT2D eigenvalue weighted by atomic mass is 10.2. The molecule has 0 bridgehead atoms. The number of hydrogen-bond acceptors (Lipinski definition) is 3. The fourth-order valence-corrected chi connectivity index (χ4v) is 1.88. The Morgan fingerprint density at radius 3 is 2.78 bits per heavy atom. The van der Waals surface area contributed by atoms with E-state index in [1.54, 1.807) is 7.11 Å². The second-order valence-corrected chi connectivity index (χ2v) is 4.15. The third kappa shape index (κ3) is 2.64. The zero-order valence-corrected chi connectivity index (χ0v) is 11.1. The minimum Gasteiger partial charge on any atom is -0.495 e. The number of aryl methyl sites for hydroxylation is 2. The molecule has 96 valence electrons. The number of anilines is 1. The van der Waals surface area contributed by atoms with Crippen LogP contribution in [0.4, 0.5) is 5.69 Å². The minimum atomic E-state index is 0.756. The number of nitrogens with one attached hydrogen (secondary N) is 1. The first kappa shape index (κ1) is 12.5. The van der Waals surface area contributed by atoms with Gasteiger partial charge in [0.1, 0.15) is 5.75 Å². The molecule has 0 saturated heterocycles. The van der Waals surface area contributed by atoms with E-state index in [4.69, 9.17) is 4.74 Å². The Bertz CT molecular complexity index is 520. The Morgan fingerprint density at radius 2 is 2.11 bits per heavy atom. The summed E-state index contributed by atoms with van der Waals surface area (Å²) in [5, 5.41) is 7.81. The predicted molar refractivity (Wildman–Crippen MR) is 73.0 cm³/mol. The topological polar surface area (TPSA) is 39.1 Å². The van der Waals surface area contributed by atoms with Crippen molar-refractivity contribution in [3.8, 4) is 5.75 Å². The van der Waals surface area contributed by atoms with E-state index in [2.05, 4.69) is 23.5 Å². The molecule has 1 N–H and O–H groups in total. The molecule has 0 aliphatic rings. The minimum absolute atomic E-state index is 0.756. The molecule has 18 heavy (non-hydrogen) atoms. The van der Waals surface area contributed by atoms with Crippen molar-refractivity contribution in [3.63, 3.8) is 0 Å². The molecule has 1 aromatic heterocycles. The summed E-state index contributed by atoms with van der Waals surface area (Å²) in [6.07, 6.45) is 2.08. The molecule has 4 nitrogen and oxygen atoms in total. The average molecular weight is 245 g/mol. The summed E-state index contributed by atoms with van der Waals surface area (Å²) < 4.78 is 7.26. The van der Waals surface area contributed by atoms with Crippen molar-refractivity contribution in [1.82, 2.24) is 9.78 Å². The number of rotatable bonds is 5. The highest BCUT2D eigenvalue weighted by atomic mass is 16.5. The lowest BCUT2D eigenvalue weighted by molar-refractivity contribution is 0.416. The Balaban J connectivity index is 2.08. The monoisotopic (exact) mass is 245 g/mol. The number of benzene rings is 1. The van der Waals surface area contributed by atoms with Crippen LogP contribution in [0.1, 0.15) is 18.2 Å². The first-order valence-electron chi connectivity index (χ1n) is 6.14. The quantitative estimate of drug-likeness (QED) is 0.880. The van der Waals surface area contributed by atoms with Crippen LogP contribution in [0.25, 0.3) is 0 Å². The summed E-state index contributed by atoms with van der Waals surface area (Å²) in [7, 11) is 1.68. The molecule has 0 aliphatic carbocycles. The van der Waals surface area contributed by atoms with Crippen LogP contribution in [0, 0.1) is 6.92 Å². The number of hydrogen-bond donors (Lipinski definition) is 1. The highest BCUT2D eigenvalue weighted by molar-refractivity contribution is 5.56. The van der Waals surface area contributed by atoms with Gasteiger partial charge < -0.3 is 10.1 Å². The smallest absolute Gasteiger partial charge is 0.141 e. The molecule has 0 unspecified atom stereocenters. The maximum Gasteiger partial charge on any atom is 0.141 e. The van der Waals surface area contributed by atoms with Crippen molar-refractivity contribution in [2.45, 2.75) is 26.9 Å². The summed E-state index contributed by atoms with van der Waals surface area (Å²) in [4.78, 5) is 0. The first-order chi connectivity index (χ1) is 8.74. The predicted octanol–water partition coefficient (Wildman–Crippen LogP) is 2.83. The van der Waals surface area contributed by atoms with Gasteiger partial charge in [-0.2, -0.15) is 5.10 Å². The molecule has 0 spiro atoms. The Labute approximate surface area is 108 Å². The molecular weight excluding hydrogens is 226 g/mol. The maximum atomic E-state index is 5.31. The Morgan fingerprint density at radius 1 is 1.33 bits per heavy atom. The van der Waals surface area contributed by atoms with Crippen LogP contribution in [0.5, 0.6) is 5.75 Å². The summed E-state index contributed by atoms with van der Waals surface area (Å²) in [6.45, 7) is 5.77. The van der Waals surface area contributed by atoms with E-state index in [1.807, 2.05) is 35.9 Å². The first-order valence-corrected chi connectivity index (χ1v) is 6.14.